The van der Waals surface area contributed by atoms with Gasteiger partial charge < -0.3 is 14.6 Å². The van der Waals surface area contributed by atoms with Gasteiger partial charge in [-0.1, -0.05) is 0 Å². The third-order valence-electron chi connectivity index (χ3n) is 4.02. The van der Waals surface area contributed by atoms with Gasteiger partial charge in [0.15, 0.2) is 0 Å². The summed E-state index contributed by atoms with van der Waals surface area (Å²) >= 11 is 0. The van der Waals surface area contributed by atoms with E-state index in [1.165, 1.54) is 4.90 Å². The molecule has 0 aromatic carbocycles. The number of nitrogens with zero attached hydrogens (tertiary/aromatic N) is 4. The number of rotatable bonds is 4. The fraction of sp³-hybridized carbons (Fsp3) is 0.500. The lowest BCUT2D eigenvalue weighted by Gasteiger charge is -2.33. The fourth-order valence-electron chi connectivity index (χ4n) is 2.89. The molecule has 0 unspecified atom stereocenters. The molecule has 0 aliphatic carbocycles. The van der Waals surface area contributed by atoms with E-state index in [9.17, 15) is 4.79 Å². The normalized spacial score (nSPS) is 17.8. The van der Waals surface area contributed by atoms with E-state index < -0.39 is 0 Å². The average Bonchev–Trinajstić information content (AvgIpc) is 3.13. The summed E-state index contributed by atoms with van der Waals surface area (Å²) in [5, 5.41) is 7.36. The molecule has 1 N–H and O–H groups in total. The van der Waals surface area contributed by atoms with Gasteiger partial charge >= 0.3 is 6.03 Å². The highest BCUT2D eigenvalue weighted by Gasteiger charge is 2.26. The average molecular weight is 317 g/mol. The number of urea groups is 1. The van der Waals surface area contributed by atoms with Crippen LogP contribution >= 0.6 is 0 Å². The van der Waals surface area contributed by atoms with Crippen LogP contribution in [-0.4, -0.2) is 52.8 Å². The first-order valence-corrected chi connectivity index (χ1v) is 7.78. The number of nitrogens with one attached hydrogen (secondary N) is 1. The van der Waals surface area contributed by atoms with Crippen molar-refractivity contribution in [3.63, 3.8) is 0 Å². The number of aromatic nitrogens is 2. The minimum Gasteiger partial charge on any atom is -0.465 e. The molecule has 0 spiro atoms. The number of hydrogen-bond donors (Lipinski definition) is 1. The van der Waals surface area contributed by atoms with Crippen molar-refractivity contribution in [2.24, 2.45) is 0 Å². The maximum atomic E-state index is 11.8. The largest absolute Gasteiger partial charge is 0.465 e. The van der Waals surface area contributed by atoms with E-state index in [2.05, 4.69) is 15.3 Å². The Morgan fingerprint density at radius 3 is 2.96 bits per heavy atom. The summed E-state index contributed by atoms with van der Waals surface area (Å²) in [6.07, 6.45) is 1.82. The van der Waals surface area contributed by atoms with Gasteiger partial charge in [-0.3, -0.25) is 9.58 Å². The highest BCUT2D eigenvalue weighted by molar-refractivity contribution is 5.73. The van der Waals surface area contributed by atoms with Crippen molar-refractivity contribution in [3.05, 3.63) is 41.6 Å². The molecule has 2 aromatic heterocycles. The Labute approximate surface area is 135 Å². The number of carbonyl (C=O) groups is 1. The summed E-state index contributed by atoms with van der Waals surface area (Å²) < 4.78 is 7.69. The van der Waals surface area contributed by atoms with E-state index in [0.717, 1.165) is 36.8 Å². The zero-order valence-electron chi connectivity index (χ0n) is 13.8. The predicted octanol–water partition coefficient (Wildman–Crippen LogP) is 1.61. The highest BCUT2D eigenvalue weighted by Crippen LogP contribution is 2.22. The molecule has 1 atom stereocenters. The molecule has 124 valence electrons. The molecule has 2 amide bonds. The van der Waals surface area contributed by atoms with E-state index in [1.54, 1.807) is 14.1 Å². The van der Waals surface area contributed by atoms with Crippen LogP contribution in [0.3, 0.4) is 0 Å². The number of furan rings is 1. The van der Waals surface area contributed by atoms with Gasteiger partial charge in [0, 0.05) is 39.9 Å². The third kappa shape index (κ3) is 3.56. The van der Waals surface area contributed by atoms with E-state index in [1.807, 2.05) is 36.0 Å². The van der Waals surface area contributed by atoms with Gasteiger partial charge in [-0.25, -0.2) is 4.79 Å². The van der Waals surface area contributed by atoms with Crippen LogP contribution in [0.5, 0.6) is 0 Å². The molecule has 0 radical (unpaired) electrons. The van der Waals surface area contributed by atoms with Gasteiger partial charge in [-0.15, -0.1) is 0 Å². The number of aryl methyl sites for hydroxylation is 1. The van der Waals surface area contributed by atoms with Gasteiger partial charge in [0.1, 0.15) is 11.5 Å². The molecule has 0 fully saturated rings. The summed E-state index contributed by atoms with van der Waals surface area (Å²) in [6, 6.07) is 6.06. The van der Waals surface area contributed by atoms with Crippen molar-refractivity contribution in [2.75, 3.05) is 27.2 Å². The lowest BCUT2D eigenvalue weighted by molar-refractivity contribution is 0.152. The topological polar surface area (TPSA) is 66.5 Å². The lowest BCUT2D eigenvalue weighted by Crippen LogP contribution is -2.44. The maximum Gasteiger partial charge on any atom is 0.316 e. The first-order valence-electron chi connectivity index (χ1n) is 7.78. The smallest absolute Gasteiger partial charge is 0.316 e. The molecule has 7 nitrogen and oxygen atoms in total. The van der Waals surface area contributed by atoms with Crippen LogP contribution in [0.2, 0.25) is 0 Å². The van der Waals surface area contributed by atoms with Crippen molar-refractivity contribution in [1.82, 2.24) is 24.9 Å². The number of hydrogen-bond acceptors (Lipinski definition) is 4. The summed E-state index contributed by atoms with van der Waals surface area (Å²) in [5.41, 5.74) is 1.16. The fourth-order valence-corrected chi connectivity index (χ4v) is 2.89. The van der Waals surface area contributed by atoms with Crippen LogP contribution in [0, 0.1) is 6.92 Å². The van der Waals surface area contributed by atoms with E-state index in [0.29, 0.717) is 6.54 Å². The molecule has 3 heterocycles. The monoisotopic (exact) mass is 317 g/mol. The Morgan fingerprint density at radius 2 is 2.26 bits per heavy atom. The molecule has 2 aromatic rings. The lowest BCUT2D eigenvalue weighted by atomic mass is 10.2. The summed E-state index contributed by atoms with van der Waals surface area (Å²) in [6.45, 7) is 4.92. The first kappa shape index (κ1) is 15.6. The second kappa shape index (κ2) is 6.45. The predicted molar refractivity (Wildman–Crippen MR) is 85.9 cm³/mol. The van der Waals surface area contributed by atoms with Crippen molar-refractivity contribution >= 4 is 6.03 Å². The Morgan fingerprint density at radius 1 is 1.43 bits per heavy atom. The van der Waals surface area contributed by atoms with Gasteiger partial charge in [0.05, 0.1) is 18.3 Å². The number of fused-ring (bicyclic) bond motifs is 1. The van der Waals surface area contributed by atoms with Crippen LogP contribution < -0.4 is 5.32 Å². The molecule has 0 bridgehead atoms. The van der Waals surface area contributed by atoms with Gasteiger partial charge in [-0.2, -0.15) is 5.10 Å². The minimum atomic E-state index is -0.0857. The Hall–Kier alpha value is -2.28. The molecule has 3 rings (SSSR count). The maximum absolute atomic E-state index is 11.8. The molecule has 0 saturated heterocycles. The highest BCUT2D eigenvalue weighted by atomic mass is 16.3. The zero-order valence-corrected chi connectivity index (χ0v) is 13.8. The van der Waals surface area contributed by atoms with Crippen molar-refractivity contribution in [2.45, 2.75) is 26.1 Å². The second-order valence-corrected chi connectivity index (χ2v) is 6.18. The number of amides is 2. The third-order valence-corrected chi connectivity index (χ3v) is 4.02. The molecular formula is C16H23N5O2. The van der Waals surface area contributed by atoms with Crippen molar-refractivity contribution < 1.29 is 9.21 Å². The number of carbonyl (C=O) groups excluding carboxylic acids is 1. The first-order chi connectivity index (χ1) is 11.0. The summed E-state index contributed by atoms with van der Waals surface area (Å²) in [7, 11) is 3.47. The van der Waals surface area contributed by atoms with Crippen molar-refractivity contribution in [1.29, 1.82) is 0 Å². The molecule has 1 aliphatic heterocycles. The zero-order chi connectivity index (χ0) is 16.4. The quantitative estimate of drug-likeness (QED) is 0.930. The van der Waals surface area contributed by atoms with E-state index in [4.69, 9.17) is 4.42 Å². The van der Waals surface area contributed by atoms with Crippen LogP contribution in [0.25, 0.3) is 0 Å². The van der Waals surface area contributed by atoms with Gasteiger partial charge in [0.25, 0.3) is 0 Å². The molecule has 7 heteroatoms. The van der Waals surface area contributed by atoms with E-state index >= 15 is 0 Å². The second-order valence-electron chi connectivity index (χ2n) is 6.18. The van der Waals surface area contributed by atoms with Crippen LogP contribution in [0.15, 0.2) is 28.8 Å². The van der Waals surface area contributed by atoms with Crippen LogP contribution in [0.4, 0.5) is 4.79 Å². The summed E-state index contributed by atoms with van der Waals surface area (Å²) in [4.78, 5) is 15.6. The van der Waals surface area contributed by atoms with Gasteiger partial charge in [0.2, 0.25) is 0 Å². The van der Waals surface area contributed by atoms with Crippen molar-refractivity contribution in [3.8, 4) is 0 Å². The Kier molecular flexibility index (Phi) is 4.38. The molecule has 1 aliphatic rings. The SMILES string of the molecule is Cc1ccc(CN2Cc3ccnn3[C@@H](CNC(=O)N(C)C)C2)o1. The van der Waals surface area contributed by atoms with Crippen LogP contribution in [0.1, 0.15) is 23.3 Å². The molecule has 0 saturated carbocycles. The Bertz CT molecular complexity index is 676. The van der Waals surface area contributed by atoms with Crippen LogP contribution in [-0.2, 0) is 13.1 Å². The summed E-state index contributed by atoms with van der Waals surface area (Å²) in [5.74, 6) is 1.89. The standard InChI is InChI=1S/C16H23N5O2/c1-12-4-5-15(23-12)11-20-9-13-6-7-18-21(13)14(10-20)8-17-16(22)19(2)3/h4-7,14H,8-11H2,1-3H3,(H,17,22)/t14-/m0/s1. The Balaban J connectivity index is 1.68. The molecular weight excluding hydrogens is 294 g/mol. The van der Waals surface area contributed by atoms with E-state index in [-0.39, 0.29) is 12.1 Å². The van der Waals surface area contributed by atoms with Gasteiger partial charge in [-0.05, 0) is 25.1 Å². The minimum absolute atomic E-state index is 0.0857. The molecule has 23 heavy (non-hydrogen) atoms.